The van der Waals surface area contributed by atoms with Crippen LogP contribution in [0.3, 0.4) is 0 Å². The highest BCUT2D eigenvalue weighted by molar-refractivity contribution is 5.91. The fourth-order valence-electron chi connectivity index (χ4n) is 0.832. The predicted octanol–water partition coefficient (Wildman–Crippen LogP) is 0.811. The quantitative estimate of drug-likeness (QED) is 0.665. The number of nitrogens with one attached hydrogen (secondary N) is 1. The number of anilines is 1. The van der Waals surface area contributed by atoms with Gasteiger partial charge in [-0.05, 0) is 0 Å². The molecule has 0 bridgehead atoms. The Morgan fingerprint density at radius 1 is 1.67 bits per heavy atom. The molecule has 1 heterocycles. The fourth-order valence-corrected chi connectivity index (χ4v) is 0.832. The van der Waals surface area contributed by atoms with Crippen LogP contribution < -0.4 is 5.32 Å². The van der Waals surface area contributed by atoms with Crippen molar-refractivity contribution in [1.29, 1.82) is 0 Å². The molecule has 0 radical (unpaired) electrons. The summed E-state index contributed by atoms with van der Waals surface area (Å²) < 4.78 is 9.55. The summed E-state index contributed by atoms with van der Waals surface area (Å²) in [5.41, 5.74) is 0.178. The molecule has 0 amide bonds. The monoisotopic (exact) mass is 170 g/mol. The normalized spacial score (nSPS) is 9.58. The van der Waals surface area contributed by atoms with Crippen LogP contribution in [0.25, 0.3) is 0 Å². The molecule has 0 atom stereocenters. The standard InChI is InChI=1S/C7H10N2O3/c1-4-9-5(7(10)11-3)6(8-2)12-4/h8H,1-3H3. The van der Waals surface area contributed by atoms with Crippen LogP contribution >= 0.6 is 0 Å². The minimum Gasteiger partial charge on any atom is -0.464 e. The zero-order valence-electron chi connectivity index (χ0n) is 7.17. The molecule has 0 saturated heterocycles. The molecule has 0 aliphatic carbocycles. The number of hydrogen-bond acceptors (Lipinski definition) is 5. The number of aromatic nitrogens is 1. The Kier molecular flexibility index (Phi) is 2.32. The number of carbonyl (C=O) groups excluding carboxylic acids is 1. The zero-order valence-corrected chi connectivity index (χ0v) is 7.17. The fraction of sp³-hybridized carbons (Fsp3) is 0.429. The molecule has 1 rings (SSSR count). The van der Waals surface area contributed by atoms with E-state index in [4.69, 9.17) is 4.42 Å². The molecule has 0 aromatic carbocycles. The minimum atomic E-state index is -0.504. The highest BCUT2D eigenvalue weighted by Crippen LogP contribution is 2.16. The first-order valence-electron chi connectivity index (χ1n) is 3.42. The maximum atomic E-state index is 11.0. The summed E-state index contributed by atoms with van der Waals surface area (Å²) >= 11 is 0. The van der Waals surface area contributed by atoms with Crippen LogP contribution in [0.15, 0.2) is 4.42 Å². The van der Waals surface area contributed by atoms with E-state index in [9.17, 15) is 4.79 Å². The van der Waals surface area contributed by atoms with Gasteiger partial charge in [-0.15, -0.1) is 0 Å². The number of carbonyl (C=O) groups is 1. The molecule has 5 heteroatoms. The summed E-state index contributed by atoms with van der Waals surface area (Å²) in [5.74, 6) is 0.260. The lowest BCUT2D eigenvalue weighted by Gasteiger charge is -1.95. The van der Waals surface area contributed by atoms with Crippen molar-refractivity contribution in [3.63, 3.8) is 0 Å². The maximum absolute atomic E-state index is 11.0. The van der Waals surface area contributed by atoms with Crippen molar-refractivity contribution in [1.82, 2.24) is 4.98 Å². The molecule has 0 spiro atoms. The van der Waals surface area contributed by atoms with Gasteiger partial charge in [-0.3, -0.25) is 0 Å². The Bertz CT molecular complexity index is 293. The zero-order chi connectivity index (χ0) is 9.14. The molecule has 1 aromatic heterocycles. The third kappa shape index (κ3) is 1.39. The average molecular weight is 170 g/mol. The molecular weight excluding hydrogens is 160 g/mol. The van der Waals surface area contributed by atoms with E-state index < -0.39 is 5.97 Å². The van der Waals surface area contributed by atoms with Gasteiger partial charge in [-0.1, -0.05) is 0 Å². The number of ether oxygens (including phenoxy) is 1. The molecule has 1 aromatic rings. The van der Waals surface area contributed by atoms with Gasteiger partial charge in [-0.25, -0.2) is 9.78 Å². The van der Waals surface area contributed by atoms with Crippen LogP contribution in [0, 0.1) is 6.92 Å². The molecule has 0 fully saturated rings. The van der Waals surface area contributed by atoms with Gasteiger partial charge < -0.3 is 14.5 Å². The van der Waals surface area contributed by atoms with Gasteiger partial charge in [-0.2, -0.15) is 0 Å². The number of aryl methyl sites for hydroxylation is 1. The summed E-state index contributed by atoms with van der Waals surface area (Å²) in [6.45, 7) is 1.66. The van der Waals surface area contributed by atoms with E-state index in [2.05, 4.69) is 15.0 Å². The molecule has 0 saturated carbocycles. The Morgan fingerprint density at radius 3 is 2.83 bits per heavy atom. The Labute approximate surface area is 69.7 Å². The predicted molar refractivity (Wildman–Crippen MR) is 42.1 cm³/mol. The van der Waals surface area contributed by atoms with Crippen LogP contribution in [-0.4, -0.2) is 25.1 Å². The SMILES string of the molecule is CNc1oc(C)nc1C(=O)OC. The highest BCUT2D eigenvalue weighted by atomic mass is 16.5. The summed E-state index contributed by atoms with van der Waals surface area (Å²) in [6, 6.07) is 0. The Hall–Kier alpha value is -1.52. The highest BCUT2D eigenvalue weighted by Gasteiger charge is 2.17. The average Bonchev–Trinajstić information content (AvgIpc) is 2.45. The summed E-state index contributed by atoms with van der Waals surface area (Å²) in [6.07, 6.45) is 0. The van der Waals surface area contributed by atoms with Crippen molar-refractivity contribution in [2.24, 2.45) is 0 Å². The second-order valence-electron chi connectivity index (χ2n) is 2.15. The van der Waals surface area contributed by atoms with Gasteiger partial charge in [0, 0.05) is 14.0 Å². The first-order chi connectivity index (χ1) is 5.69. The smallest absolute Gasteiger partial charge is 0.362 e. The van der Waals surface area contributed by atoms with Crippen molar-refractivity contribution in [3.05, 3.63) is 11.6 Å². The van der Waals surface area contributed by atoms with Crippen LogP contribution in [-0.2, 0) is 4.74 Å². The molecule has 5 nitrogen and oxygen atoms in total. The van der Waals surface area contributed by atoms with E-state index in [1.54, 1.807) is 14.0 Å². The number of oxazole rings is 1. The third-order valence-corrected chi connectivity index (χ3v) is 1.34. The molecule has 0 aliphatic rings. The van der Waals surface area contributed by atoms with E-state index in [-0.39, 0.29) is 5.69 Å². The van der Waals surface area contributed by atoms with E-state index in [1.165, 1.54) is 7.11 Å². The van der Waals surface area contributed by atoms with Crippen LogP contribution in [0.1, 0.15) is 16.4 Å². The lowest BCUT2D eigenvalue weighted by Crippen LogP contribution is -2.04. The Morgan fingerprint density at radius 2 is 2.33 bits per heavy atom. The number of hydrogen-bond donors (Lipinski definition) is 1. The molecular formula is C7H10N2O3. The topological polar surface area (TPSA) is 64.4 Å². The largest absolute Gasteiger partial charge is 0.464 e. The molecule has 0 aliphatic heterocycles. The van der Waals surface area contributed by atoms with Crippen molar-refractivity contribution >= 4 is 11.9 Å². The van der Waals surface area contributed by atoms with Crippen molar-refractivity contribution in [3.8, 4) is 0 Å². The first kappa shape index (κ1) is 8.58. The summed E-state index contributed by atoms with van der Waals surface area (Å²) in [7, 11) is 2.94. The van der Waals surface area contributed by atoms with Gasteiger partial charge in [0.05, 0.1) is 7.11 Å². The lowest BCUT2D eigenvalue weighted by atomic mass is 10.4. The van der Waals surface area contributed by atoms with Crippen LogP contribution in [0.5, 0.6) is 0 Å². The van der Waals surface area contributed by atoms with Crippen LogP contribution in [0.4, 0.5) is 5.88 Å². The van der Waals surface area contributed by atoms with Gasteiger partial charge in [0.2, 0.25) is 11.6 Å². The van der Waals surface area contributed by atoms with Crippen molar-refractivity contribution in [2.45, 2.75) is 6.92 Å². The van der Waals surface area contributed by atoms with E-state index >= 15 is 0 Å². The molecule has 66 valence electrons. The second kappa shape index (κ2) is 3.25. The lowest BCUT2D eigenvalue weighted by molar-refractivity contribution is 0.0595. The van der Waals surface area contributed by atoms with Crippen molar-refractivity contribution in [2.75, 3.05) is 19.5 Å². The number of rotatable bonds is 2. The van der Waals surface area contributed by atoms with Crippen molar-refractivity contribution < 1.29 is 13.9 Å². The van der Waals surface area contributed by atoms with Gasteiger partial charge in [0.1, 0.15) is 0 Å². The van der Waals surface area contributed by atoms with E-state index in [0.717, 1.165) is 0 Å². The third-order valence-electron chi connectivity index (χ3n) is 1.34. The molecule has 0 unspecified atom stereocenters. The first-order valence-corrected chi connectivity index (χ1v) is 3.42. The number of methoxy groups -OCH3 is 1. The van der Waals surface area contributed by atoms with E-state index in [0.29, 0.717) is 11.8 Å². The van der Waals surface area contributed by atoms with E-state index in [1.807, 2.05) is 0 Å². The van der Waals surface area contributed by atoms with Crippen LogP contribution in [0.2, 0.25) is 0 Å². The van der Waals surface area contributed by atoms with Gasteiger partial charge in [0.25, 0.3) is 0 Å². The maximum Gasteiger partial charge on any atom is 0.362 e. The van der Waals surface area contributed by atoms with Gasteiger partial charge in [0.15, 0.2) is 5.89 Å². The number of nitrogens with zero attached hydrogens (tertiary/aromatic N) is 1. The second-order valence-corrected chi connectivity index (χ2v) is 2.15. The minimum absolute atomic E-state index is 0.178. The summed E-state index contributed by atoms with van der Waals surface area (Å²) in [4.78, 5) is 14.9. The molecule has 1 N–H and O–H groups in total. The number of esters is 1. The summed E-state index contributed by atoms with van der Waals surface area (Å²) in [5, 5.41) is 2.70. The Balaban J connectivity index is 3.04. The van der Waals surface area contributed by atoms with Gasteiger partial charge >= 0.3 is 5.97 Å². The molecule has 12 heavy (non-hydrogen) atoms.